The quantitative estimate of drug-likeness (QED) is 0.647. The first kappa shape index (κ1) is 15.9. The number of hydrogen-bond acceptors (Lipinski definition) is 4. The zero-order valence-electron chi connectivity index (χ0n) is 12.2. The fourth-order valence-electron chi connectivity index (χ4n) is 2.72. The molecule has 21 heavy (non-hydrogen) atoms. The zero-order chi connectivity index (χ0) is 15.2. The second kappa shape index (κ2) is 7.47. The number of ether oxygens (including phenoxy) is 1. The maximum atomic E-state index is 13.7. The number of nitrogens with one attached hydrogen (secondary N) is 1. The fourth-order valence-corrected chi connectivity index (χ4v) is 2.72. The summed E-state index contributed by atoms with van der Waals surface area (Å²) in [6.45, 7) is 4.45. The third-order valence-electron chi connectivity index (χ3n) is 3.84. The molecule has 1 aliphatic heterocycles. The average Bonchev–Trinajstić information content (AvgIpc) is 2.46. The van der Waals surface area contributed by atoms with Gasteiger partial charge in [0.15, 0.2) is 0 Å². The van der Waals surface area contributed by atoms with E-state index in [0.717, 1.165) is 31.6 Å². The molecule has 2 atom stereocenters. The first-order valence-corrected chi connectivity index (χ1v) is 7.35. The van der Waals surface area contributed by atoms with Crippen molar-refractivity contribution in [3.8, 4) is 0 Å². The maximum Gasteiger partial charge on any atom is 0.304 e. The number of hydrogen-bond donors (Lipinski definition) is 1. The topological polar surface area (TPSA) is 64.4 Å². The molecule has 0 radical (unpaired) electrons. The van der Waals surface area contributed by atoms with E-state index < -0.39 is 16.4 Å². The second-order valence-electron chi connectivity index (χ2n) is 5.43. The molecule has 0 amide bonds. The average molecular weight is 296 g/mol. The van der Waals surface area contributed by atoms with Gasteiger partial charge in [0, 0.05) is 24.6 Å². The van der Waals surface area contributed by atoms with Crippen LogP contribution in [0.3, 0.4) is 0 Å². The summed E-state index contributed by atoms with van der Waals surface area (Å²) in [5.74, 6) is -0.501. The fraction of sp³-hybridized carbons (Fsp3) is 0.600. The van der Waals surface area contributed by atoms with E-state index in [2.05, 4.69) is 12.2 Å². The molecule has 1 N–H and O–H groups in total. The van der Waals surface area contributed by atoms with Crippen molar-refractivity contribution in [2.24, 2.45) is 5.92 Å². The van der Waals surface area contributed by atoms with Gasteiger partial charge in [-0.15, -0.1) is 0 Å². The van der Waals surface area contributed by atoms with Crippen molar-refractivity contribution in [2.75, 3.05) is 19.8 Å². The molecular weight excluding hydrogens is 275 g/mol. The van der Waals surface area contributed by atoms with Crippen molar-refractivity contribution in [3.05, 3.63) is 39.7 Å². The van der Waals surface area contributed by atoms with Gasteiger partial charge in [0.1, 0.15) is 0 Å². The minimum Gasteiger partial charge on any atom is -0.381 e. The third-order valence-corrected chi connectivity index (χ3v) is 3.84. The Hall–Kier alpha value is -1.53. The van der Waals surface area contributed by atoms with Crippen molar-refractivity contribution < 1.29 is 14.1 Å². The second-order valence-corrected chi connectivity index (χ2v) is 5.43. The van der Waals surface area contributed by atoms with Crippen LogP contribution in [0.5, 0.6) is 0 Å². The van der Waals surface area contributed by atoms with Crippen LogP contribution in [0.2, 0.25) is 0 Å². The summed E-state index contributed by atoms with van der Waals surface area (Å²) in [5, 5.41) is 14.1. The Balaban J connectivity index is 2.04. The molecule has 116 valence electrons. The van der Waals surface area contributed by atoms with Gasteiger partial charge in [-0.3, -0.25) is 10.1 Å². The molecule has 1 fully saturated rings. The predicted molar refractivity (Wildman–Crippen MR) is 77.8 cm³/mol. The van der Waals surface area contributed by atoms with Crippen LogP contribution in [0.4, 0.5) is 10.1 Å². The lowest BCUT2D eigenvalue weighted by Crippen LogP contribution is -2.44. The van der Waals surface area contributed by atoms with Crippen LogP contribution in [-0.2, 0) is 11.2 Å². The van der Waals surface area contributed by atoms with Crippen LogP contribution in [-0.4, -0.2) is 30.7 Å². The van der Waals surface area contributed by atoms with E-state index in [-0.39, 0.29) is 5.92 Å². The minimum atomic E-state index is -0.771. The number of halogens is 1. The lowest BCUT2D eigenvalue weighted by molar-refractivity contribution is -0.387. The summed E-state index contributed by atoms with van der Waals surface area (Å²) < 4.78 is 19.2. The van der Waals surface area contributed by atoms with Crippen LogP contribution in [0.15, 0.2) is 18.2 Å². The van der Waals surface area contributed by atoms with E-state index in [4.69, 9.17) is 4.74 Å². The van der Waals surface area contributed by atoms with Crippen molar-refractivity contribution in [1.29, 1.82) is 0 Å². The molecule has 0 bridgehead atoms. The molecule has 1 heterocycles. The molecule has 2 rings (SSSR count). The van der Waals surface area contributed by atoms with Gasteiger partial charge < -0.3 is 10.1 Å². The standard InChI is InChI=1S/C15H21FN2O3/c1-2-6-17-14-5-7-21-10-12(14)8-11-3-4-15(18(19)20)13(16)9-11/h3-4,9,12,14,17H,2,5-8,10H2,1H3. The first-order chi connectivity index (χ1) is 10.1. The van der Waals surface area contributed by atoms with E-state index >= 15 is 0 Å². The molecule has 0 aromatic heterocycles. The van der Waals surface area contributed by atoms with Gasteiger partial charge in [0.2, 0.25) is 5.82 Å². The van der Waals surface area contributed by atoms with Gasteiger partial charge in [-0.1, -0.05) is 13.0 Å². The van der Waals surface area contributed by atoms with Crippen molar-refractivity contribution in [1.82, 2.24) is 5.32 Å². The van der Waals surface area contributed by atoms with Gasteiger partial charge in [0.25, 0.3) is 0 Å². The highest BCUT2D eigenvalue weighted by Gasteiger charge is 2.26. The Kier molecular flexibility index (Phi) is 5.64. The monoisotopic (exact) mass is 296 g/mol. The number of nitro benzene ring substituents is 1. The molecule has 6 heteroatoms. The lowest BCUT2D eigenvalue weighted by atomic mass is 9.89. The summed E-state index contributed by atoms with van der Waals surface area (Å²) in [5.41, 5.74) is 0.302. The van der Waals surface area contributed by atoms with Crippen molar-refractivity contribution in [2.45, 2.75) is 32.2 Å². The summed E-state index contributed by atoms with van der Waals surface area (Å²) in [7, 11) is 0. The molecule has 1 aromatic carbocycles. The van der Waals surface area contributed by atoms with Crippen LogP contribution in [0.25, 0.3) is 0 Å². The van der Waals surface area contributed by atoms with Crippen LogP contribution in [0.1, 0.15) is 25.3 Å². The molecule has 1 aliphatic rings. The summed E-state index contributed by atoms with van der Waals surface area (Å²) in [6, 6.07) is 4.50. The van der Waals surface area contributed by atoms with E-state index in [9.17, 15) is 14.5 Å². The number of nitrogens with zero attached hydrogens (tertiary/aromatic N) is 1. The summed E-state index contributed by atoms with van der Waals surface area (Å²) in [6.07, 6.45) is 2.67. The Morgan fingerprint density at radius 3 is 3.00 bits per heavy atom. The molecule has 2 unspecified atom stereocenters. The molecule has 0 saturated carbocycles. The van der Waals surface area contributed by atoms with E-state index in [1.807, 2.05) is 0 Å². The first-order valence-electron chi connectivity index (χ1n) is 7.35. The van der Waals surface area contributed by atoms with E-state index in [0.29, 0.717) is 19.1 Å². The van der Waals surface area contributed by atoms with Crippen LogP contribution < -0.4 is 5.32 Å². The number of rotatable bonds is 6. The van der Waals surface area contributed by atoms with Crippen LogP contribution in [0, 0.1) is 21.8 Å². The normalized spacial score (nSPS) is 22.2. The van der Waals surface area contributed by atoms with E-state index in [1.54, 1.807) is 6.07 Å². The SMILES string of the molecule is CCCNC1CCOCC1Cc1ccc([N+](=O)[O-])c(F)c1. The lowest BCUT2D eigenvalue weighted by Gasteiger charge is -2.32. The molecule has 1 aromatic rings. The molecular formula is C15H21FN2O3. The highest BCUT2D eigenvalue weighted by atomic mass is 19.1. The third kappa shape index (κ3) is 4.22. The van der Waals surface area contributed by atoms with Gasteiger partial charge in [-0.05, 0) is 37.4 Å². The zero-order valence-corrected chi connectivity index (χ0v) is 12.2. The Bertz CT molecular complexity index is 496. The highest BCUT2D eigenvalue weighted by Crippen LogP contribution is 2.23. The van der Waals surface area contributed by atoms with Crippen molar-refractivity contribution >= 4 is 5.69 Å². The number of benzene rings is 1. The minimum absolute atomic E-state index is 0.270. The summed E-state index contributed by atoms with van der Waals surface area (Å²) in [4.78, 5) is 9.93. The highest BCUT2D eigenvalue weighted by molar-refractivity contribution is 5.35. The smallest absolute Gasteiger partial charge is 0.304 e. The van der Waals surface area contributed by atoms with Gasteiger partial charge in [-0.2, -0.15) is 4.39 Å². The molecule has 0 spiro atoms. The molecule has 1 saturated heterocycles. The Labute approximate surface area is 123 Å². The molecule has 5 nitrogen and oxygen atoms in total. The Morgan fingerprint density at radius 2 is 2.33 bits per heavy atom. The largest absolute Gasteiger partial charge is 0.381 e. The summed E-state index contributed by atoms with van der Waals surface area (Å²) >= 11 is 0. The maximum absolute atomic E-state index is 13.7. The van der Waals surface area contributed by atoms with Gasteiger partial charge in [-0.25, -0.2) is 0 Å². The van der Waals surface area contributed by atoms with Gasteiger partial charge in [0.05, 0.1) is 11.5 Å². The van der Waals surface area contributed by atoms with E-state index in [1.165, 1.54) is 12.1 Å². The van der Waals surface area contributed by atoms with Crippen LogP contribution >= 0.6 is 0 Å². The Morgan fingerprint density at radius 1 is 1.52 bits per heavy atom. The molecule has 0 aliphatic carbocycles. The number of nitro groups is 1. The van der Waals surface area contributed by atoms with Gasteiger partial charge >= 0.3 is 5.69 Å². The van der Waals surface area contributed by atoms with Crippen molar-refractivity contribution in [3.63, 3.8) is 0 Å². The predicted octanol–water partition coefficient (Wildman–Crippen LogP) is 2.68.